The number of nitrogens with zero attached hydrogens (tertiary/aromatic N) is 3. The van der Waals surface area contributed by atoms with Gasteiger partial charge in [-0.25, -0.2) is 4.98 Å². The molecule has 0 fully saturated rings. The van der Waals surface area contributed by atoms with Crippen molar-refractivity contribution in [1.82, 2.24) is 9.97 Å². The van der Waals surface area contributed by atoms with Gasteiger partial charge in [0, 0.05) is 18.0 Å². The molecule has 0 spiro atoms. The summed E-state index contributed by atoms with van der Waals surface area (Å²) >= 11 is 1.59. The molecule has 0 aliphatic heterocycles. The number of fused-ring (bicyclic) bond motifs is 1. The summed E-state index contributed by atoms with van der Waals surface area (Å²) in [5.41, 5.74) is 5.95. The van der Waals surface area contributed by atoms with E-state index in [2.05, 4.69) is 26.6 Å². The second-order valence-corrected chi connectivity index (χ2v) is 5.06. The molecule has 0 unspecified atom stereocenters. The van der Waals surface area contributed by atoms with Crippen molar-refractivity contribution in [2.75, 3.05) is 5.43 Å². The number of pyridine rings is 1. The van der Waals surface area contributed by atoms with Gasteiger partial charge in [0.2, 0.25) is 5.13 Å². The summed E-state index contributed by atoms with van der Waals surface area (Å²) in [5.74, 6) is 0. The van der Waals surface area contributed by atoms with Crippen molar-refractivity contribution in [3.63, 3.8) is 0 Å². The van der Waals surface area contributed by atoms with Gasteiger partial charge in [-0.2, -0.15) is 5.10 Å². The Kier molecular flexibility index (Phi) is 3.20. The third-order valence-corrected chi connectivity index (χ3v) is 3.65. The first-order valence-electron chi connectivity index (χ1n) is 5.89. The predicted octanol–water partition coefficient (Wildman–Crippen LogP) is 3.53. The maximum atomic E-state index is 4.47. The molecule has 3 rings (SSSR count). The first-order chi connectivity index (χ1) is 9.33. The molecule has 0 saturated heterocycles. The zero-order chi connectivity index (χ0) is 13.1. The lowest BCUT2D eigenvalue weighted by molar-refractivity contribution is 1.27. The minimum absolute atomic E-state index is 0.801. The van der Waals surface area contributed by atoms with Gasteiger partial charge in [-0.05, 0) is 31.2 Å². The molecule has 0 aliphatic carbocycles. The van der Waals surface area contributed by atoms with Crippen LogP contribution in [0.2, 0.25) is 0 Å². The van der Waals surface area contributed by atoms with Crippen molar-refractivity contribution >= 4 is 32.4 Å². The van der Waals surface area contributed by atoms with Crippen molar-refractivity contribution in [2.45, 2.75) is 6.92 Å². The van der Waals surface area contributed by atoms with Crippen LogP contribution in [0, 0.1) is 0 Å². The summed E-state index contributed by atoms with van der Waals surface area (Å²) in [6.45, 7) is 1.95. The van der Waals surface area contributed by atoms with E-state index in [0.29, 0.717) is 0 Å². The number of hydrazone groups is 1. The highest BCUT2D eigenvalue weighted by molar-refractivity contribution is 7.22. The standard InChI is InChI=1S/C14H12N4S/c1-10(11-6-8-15-9-7-11)17-18-14-16-12-4-2-3-5-13(12)19-14/h2-9H,1H3,(H,16,18). The van der Waals surface area contributed by atoms with E-state index in [-0.39, 0.29) is 0 Å². The second kappa shape index (κ2) is 5.16. The van der Waals surface area contributed by atoms with Crippen LogP contribution in [0.25, 0.3) is 10.2 Å². The fraction of sp³-hybridized carbons (Fsp3) is 0.0714. The molecule has 4 nitrogen and oxygen atoms in total. The summed E-state index contributed by atoms with van der Waals surface area (Å²) in [4.78, 5) is 8.46. The quantitative estimate of drug-likeness (QED) is 0.584. The number of hydrogen-bond acceptors (Lipinski definition) is 5. The number of para-hydroxylation sites is 1. The van der Waals surface area contributed by atoms with Gasteiger partial charge in [0.05, 0.1) is 15.9 Å². The Hall–Kier alpha value is -2.27. The largest absolute Gasteiger partial charge is 0.265 e. The number of nitrogens with one attached hydrogen (secondary N) is 1. The summed E-state index contributed by atoms with van der Waals surface area (Å²) in [6, 6.07) is 11.9. The van der Waals surface area contributed by atoms with Gasteiger partial charge in [0.25, 0.3) is 0 Å². The lowest BCUT2D eigenvalue weighted by Crippen LogP contribution is -1.99. The number of benzene rings is 1. The molecule has 0 saturated carbocycles. The van der Waals surface area contributed by atoms with Crippen LogP contribution < -0.4 is 5.43 Å². The molecule has 2 heterocycles. The zero-order valence-electron chi connectivity index (χ0n) is 10.4. The van der Waals surface area contributed by atoms with Crippen LogP contribution in [0.15, 0.2) is 53.9 Å². The van der Waals surface area contributed by atoms with Crippen LogP contribution >= 0.6 is 11.3 Å². The highest BCUT2D eigenvalue weighted by Gasteiger charge is 2.02. The van der Waals surface area contributed by atoms with E-state index in [4.69, 9.17) is 0 Å². The van der Waals surface area contributed by atoms with Crippen molar-refractivity contribution in [3.05, 3.63) is 54.4 Å². The zero-order valence-corrected chi connectivity index (χ0v) is 11.2. The molecular weight excluding hydrogens is 256 g/mol. The monoisotopic (exact) mass is 268 g/mol. The molecule has 5 heteroatoms. The van der Waals surface area contributed by atoms with E-state index in [1.165, 1.54) is 0 Å². The first-order valence-corrected chi connectivity index (χ1v) is 6.71. The molecule has 0 atom stereocenters. The van der Waals surface area contributed by atoms with Crippen molar-refractivity contribution in [1.29, 1.82) is 0 Å². The summed E-state index contributed by atoms with van der Waals surface area (Å²) in [5, 5.41) is 5.15. The number of anilines is 1. The molecule has 0 aliphatic rings. The van der Waals surface area contributed by atoms with Gasteiger partial charge in [-0.1, -0.05) is 23.5 Å². The van der Waals surface area contributed by atoms with E-state index in [9.17, 15) is 0 Å². The van der Waals surface area contributed by atoms with E-state index in [1.807, 2.05) is 37.3 Å². The van der Waals surface area contributed by atoms with Gasteiger partial charge >= 0.3 is 0 Å². The van der Waals surface area contributed by atoms with Crippen LogP contribution in [0.4, 0.5) is 5.13 Å². The highest BCUT2D eigenvalue weighted by atomic mass is 32.1. The molecular formula is C14H12N4S. The Balaban J connectivity index is 1.82. The van der Waals surface area contributed by atoms with Crippen LogP contribution in [0.5, 0.6) is 0 Å². The Morgan fingerprint density at radius 1 is 1.16 bits per heavy atom. The normalized spacial score (nSPS) is 11.7. The minimum Gasteiger partial charge on any atom is -0.265 e. The van der Waals surface area contributed by atoms with Crippen molar-refractivity contribution in [2.24, 2.45) is 5.10 Å². The van der Waals surface area contributed by atoms with Gasteiger partial charge in [-0.15, -0.1) is 0 Å². The lowest BCUT2D eigenvalue weighted by atomic mass is 10.2. The third-order valence-electron chi connectivity index (χ3n) is 2.71. The summed E-state index contributed by atoms with van der Waals surface area (Å²) in [6.07, 6.45) is 3.51. The molecule has 0 bridgehead atoms. The fourth-order valence-electron chi connectivity index (χ4n) is 1.71. The lowest BCUT2D eigenvalue weighted by Gasteiger charge is -1.99. The van der Waals surface area contributed by atoms with Gasteiger partial charge < -0.3 is 0 Å². The summed E-state index contributed by atoms with van der Waals surface area (Å²) < 4.78 is 1.15. The maximum Gasteiger partial charge on any atom is 0.204 e. The van der Waals surface area contributed by atoms with Crippen LogP contribution in [-0.4, -0.2) is 15.7 Å². The summed E-state index contributed by atoms with van der Waals surface area (Å²) in [7, 11) is 0. The van der Waals surface area contributed by atoms with Crippen molar-refractivity contribution < 1.29 is 0 Å². The second-order valence-electron chi connectivity index (χ2n) is 4.03. The SMILES string of the molecule is CC(=NNc1nc2ccccc2s1)c1ccncc1. The smallest absolute Gasteiger partial charge is 0.204 e. The average molecular weight is 268 g/mol. The molecule has 94 valence electrons. The molecule has 3 aromatic rings. The van der Waals surface area contributed by atoms with E-state index >= 15 is 0 Å². The number of aromatic nitrogens is 2. The van der Waals surface area contributed by atoms with E-state index in [0.717, 1.165) is 26.6 Å². The number of thiazole rings is 1. The molecule has 2 aromatic heterocycles. The van der Waals surface area contributed by atoms with Gasteiger partial charge in [0.15, 0.2) is 0 Å². The van der Waals surface area contributed by atoms with E-state index in [1.54, 1.807) is 23.7 Å². The van der Waals surface area contributed by atoms with Gasteiger partial charge in [-0.3, -0.25) is 10.4 Å². The van der Waals surface area contributed by atoms with Crippen LogP contribution in [-0.2, 0) is 0 Å². The molecule has 0 radical (unpaired) electrons. The third kappa shape index (κ3) is 2.61. The van der Waals surface area contributed by atoms with Crippen molar-refractivity contribution in [3.8, 4) is 0 Å². The molecule has 1 N–H and O–H groups in total. The van der Waals surface area contributed by atoms with Crippen LogP contribution in [0.1, 0.15) is 12.5 Å². The predicted molar refractivity (Wildman–Crippen MR) is 79.7 cm³/mol. The Morgan fingerprint density at radius 3 is 2.74 bits per heavy atom. The highest BCUT2D eigenvalue weighted by Crippen LogP contribution is 2.25. The molecule has 19 heavy (non-hydrogen) atoms. The Bertz CT molecular complexity index is 685. The maximum absolute atomic E-state index is 4.47. The number of rotatable bonds is 3. The molecule has 1 aromatic carbocycles. The average Bonchev–Trinajstić information content (AvgIpc) is 2.88. The van der Waals surface area contributed by atoms with Gasteiger partial charge in [0.1, 0.15) is 0 Å². The number of hydrogen-bond donors (Lipinski definition) is 1. The Labute approximate surface area is 114 Å². The topological polar surface area (TPSA) is 50.2 Å². The van der Waals surface area contributed by atoms with Crippen LogP contribution in [0.3, 0.4) is 0 Å². The Morgan fingerprint density at radius 2 is 1.95 bits per heavy atom. The minimum atomic E-state index is 0.801. The molecule has 0 amide bonds. The first kappa shape index (κ1) is 11.8. The van der Waals surface area contributed by atoms with E-state index < -0.39 is 0 Å². The fourth-order valence-corrected chi connectivity index (χ4v) is 2.52.